The van der Waals surface area contributed by atoms with Gasteiger partial charge in [-0.1, -0.05) is 39.7 Å². The number of halogens is 1. The van der Waals surface area contributed by atoms with Gasteiger partial charge in [0.15, 0.2) is 0 Å². The Bertz CT molecular complexity index is 765. The van der Waals surface area contributed by atoms with Crippen molar-refractivity contribution in [1.82, 2.24) is 5.32 Å². The standard InChI is InChI=1S/C20H25BrN4O2/c1-14-8-10-16(11-9-14)23-19(26)18(7-2-3-12-22)25-20(27)24-17-6-4-5-15(21)13-17/h4-6,8-11,13,18H,2-3,7,12,22H2,1H3,(H,23,26)(H2,24,25,27)/t18-/m0/s1. The van der Waals surface area contributed by atoms with E-state index in [1.54, 1.807) is 12.1 Å². The third kappa shape index (κ3) is 7.40. The van der Waals surface area contributed by atoms with E-state index >= 15 is 0 Å². The van der Waals surface area contributed by atoms with Gasteiger partial charge in [-0.25, -0.2) is 4.79 Å². The molecule has 0 aliphatic carbocycles. The Labute approximate surface area is 168 Å². The molecule has 5 N–H and O–H groups in total. The van der Waals surface area contributed by atoms with Crippen LogP contribution in [0.15, 0.2) is 53.0 Å². The van der Waals surface area contributed by atoms with Crippen LogP contribution in [0.2, 0.25) is 0 Å². The molecule has 0 fully saturated rings. The fraction of sp³-hybridized carbons (Fsp3) is 0.300. The van der Waals surface area contributed by atoms with Crippen molar-refractivity contribution in [2.45, 2.75) is 32.2 Å². The Morgan fingerprint density at radius 3 is 2.44 bits per heavy atom. The summed E-state index contributed by atoms with van der Waals surface area (Å²) >= 11 is 3.36. The molecule has 7 heteroatoms. The number of hydrogen-bond acceptors (Lipinski definition) is 3. The molecule has 0 aromatic heterocycles. The molecule has 0 saturated carbocycles. The van der Waals surface area contributed by atoms with E-state index in [1.807, 2.05) is 43.3 Å². The first-order valence-electron chi connectivity index (χ1n) is 8.88. The Morgan fingerprint density at radius 1 is 1.04 bits per heavy atom. The fourth-order valence-corrected chi connectivity index (χ4v) is 2.92. The van der Waals surface area contributed by atoms with Crippen LogP contribution >= 0.6 is 15.9 Å². The summed E-state index contributed by atoms with van der Waals surface area (Å²) < 4.78 is 0.858. The maximum atomic E-state index is 12.6. The van der Waals surface area contributed by atoms with Crippen molar-refractivity contribution in [3.63, 3.8) is 0 Å². The molecule has 0 aliphatic heterocycles. The lowest BCUT2D eigenvalue weighted by molar-refractivity contribution is -0.118. The molecule has 144 valence electrons. The van der Waals surface area contributed by atoms with Gasteiger partial charge in [-0.2, -0.15) is 0 Å². The Morgan fingerprint density at radius 2 is 1.78 bits per heavy atom. The average Bonchev–Trinajstić information content (AvgIpc) is 2.63. The number of aryl methyl sites for hydroxylation is 1. The molecule has 0 bridgehead atoms. The molecule has 0 saturated heterocycles. The van der Waals surface area contributed by atoms with Crippen LogP contribution in [-0.4, -0.2) is 24.5 Å². The first-order chi connectivity index (χ1) is 13.0. The van der Waals surface area contributed by atoms with Gasteiger partial charge in [0.1, 0.15) is 6.04 Å². The summed E-state index contributed by atoms with van der Waals surface area (Å²) in [5.74, 6) is -0.250. The second-order valence-corrected chi connectivity index (χ2v) is 7.22. The first-order valence-corrected chi connectivity index (χ1v) is 9.68. The van der Waals surface area contributed by atoms with Crippen molar-refractivity contribution >= 4 is 39.2 Å². The molecule has 2 aromatic rings. The van der Waals surface area contributed by atoms with Gasteiger partial charge in [0.05, 0.1) is 0 Å². The first kappa shape index (κ1) is 20.9. The molecule has 2 aromatic carbocycles. The van der Waals surface area contributed by atoms with Gasteiger partial charge in [0.25, 0.3) is 0 Å². The van der Waals surface area contributed by atoms with E-state index in [0.29, 0.717) is 24.3 Å². The highest BCUT2D eigenvalue weighted by atomic mass is 79.9. The highest BCUT2D eigenvalue weighted by Crippen LogP contribution is 2.16. The van der Waals surface area contributed by atoms with E-state index in [-0.39, 0.29) is 5.91 Å². The third-order valence-electron chi connectivity index (χ3n) is 3.97. The minimum atomic E-state index is -0.648. The van der Waals surface area contributed by atoms with Gasteiger partial charge in [-0.15, -0.1) is 0 Å². The second kappa shape index (κ2) is 10.7. The Balaban J connectivity index is 2.00. The SMILES string of the molecule is Cc1ccc(NC(=O)[C@H](CCCCN)NC(=O)Nc2cccc(Br)c2)cc1. The summed E-state index contributed by atoms with van der Waals surface area (Å²) in [5, 5.41) is 8.36. The number of unbranched alkanes of at least 4 members (excludes halogenated alkanes) is 1. The lowest BCUT2D eigenvalue weighted by Gasteiger charge is -2.19. The van der Waals surface area contributed by atoms with Gasteiger partial charge in [0.2, 0.25) is 5.91 Å². The summed E-state index contributed by atoms with van der Waals surface area (Å²) in [6.07, 6.45) is 2.06. The number of anilines is 2. The Hall–Kier alpha value is -2.38. The molecule has 0 unspecified atom stereocenters. The summed E-state index contributed by atoms with van der Waals surface area (Å²) in [5.41, 5.74) is 7.99. The van der Waals surface area contributed by atoms with Crippen LogP contribution in [-0.2, 0) is 4.79 Å². The van der Waals surface area contributed by atoms with E-state index in [9.17, 15) is 9.59 Å². The monoisotopic (exact) mass is 432 g/mol. The molecule has 27 heavy (non-hydrogen) atoms. The van der Waals surface area contributed by atoms with Gasteiger partial charge >= 0.3 is 6.03 Å². The van der Waals surface area contributed by atoms with Gasteiger partial charge < -0.3 is 21.7 Å². The molecule has 2 rings (SSSR count). The molecule has 3 amide bonds. The number of amides is 3. The molecule has 1 atom stereocenters. The number of nitrogens with two attached hydrogens (primary N) is 1. The minimum absolute atomic E-state index is 0.250. The fourth-order valence-electron chi connectivity index (χ4n) is 2.52. The van der Waals surface area contributed by atoms with Crippen molar-refractivity contribution < 1.29 is 9.59 Å². The van der Waals surface area contributed by atoms with Gasteiger partial charge in [-0.3, -0.25) is 4.79 Å². The van der Waals surface area contributed by atoms with Crippen LogP contribution in [0.1, 0.15) is 24.8 Å². The van der Waals surface area contributed by atoms with Crippen LogP contribution in [0.5, 0.6) is 0 Å². The molecule has 6 nitrogen and oxygen atoms in total. The number of carbonyl (C=O) groups excluding carboxylic acids is 2. The summed E-state index contributed by atoms with van der Waals surface area (Å²) in [4.78, 5) is 25.0. The van der Waals surface area contributed by atoms with E-state index in [1.165, 1.54) is 0 Å². The molecular formula is C20H25BrN4O2. The van der Waals surface area contributed by atoms with Crippen LogP contribution in [0.4, 0.5) is 16.2 Å². The summed E-state index contributed by atoms with van der Waals surface area (Å²) in [6.45, 7) is 2.53. The molecule has 0 heterocycles. The maximum Gasteiger partial charge on any atom is 0.319 e. The topological polar surface area (TPSA) is 96.2 Å². The van der Waals surface area contributed by atoms with Crippen molar-refractivity contribution in [2.75, 3.05) is 17.2 Å². The summed E-state index contributed by atoms with van der Waals surface area (Å²) in [7, 11) is 0. The van der Waals surface area contributed by atoms with Crippen molar-refractivity contribution in [3.05, 3.63) is 58.6 Å². The molecule has 0 spiro atoms. The van der Waals surface area contributed by atoms with Crippen molar-refractivity contribution in [1.29, 1.82) is 0 Å². The molecular weight excluding hydrogens is 408 g/mol. The predicted octanol–water partition coefficient (Wildman–Crippen LogP) is 4.02. The highest BCUT2D eigenvalue weighted by Gasteiger charge is 2.20. The zero-order valence-electron chi connectivity index (χ0n) is 15.3. The molecule has 0 radical (unpaired) electrons. The van der Waals surface area contributed by atoms with Crippen LogP contribution in [0.3, 0.4) is 0 Å². The number of hydrogen-bond donors (Lipinski definition) is 4. The largest absolute Gasteiger partial charge is 0.330 e. The van der Waals surface area contributed by atoms with Gasteiger partial charge in [0, 0.05) is 15.8 Å². The van der Waals surface area contributed by atoms with Crippen molar-refractivity contribution in [3.8, 4) is 0 Å². The summed E-state index contributed by atoms with van der Waals surface area (Å²) in [6, 6.07) is 13.7. The smallest absolute Gasteiger partial charge is 0.319 e. The number of rotatable bonds is 8. The van der Waals surface area contributed by atoms with Crippen LogP contribution < -0.4 is 21.7 Å². The van der Waals surface area contributed by atoms with Crippen molar-refractivity contribution in [2.24, 2.45) is 5.73 Å². The average molecular weight is 433 g/mol. The molecule has 0 aliphatic rings. The quantitative estimate of drug-likeness (QED) is 0.474. The maximum absolute atomic E-state index is 12.6. The zero-order chi connectivity index (χ0) is 19.6. The normalized spacial score (nSPS) is 11.5. The highest BCUT2D eigenvalue weighted by molar-refractivity contribution is 9.10. The third-order valence-corrected chi connectivity index (χ3v) is 4.46. The predicted molar refractivity (Wildman–Crippen MR) is 113 cm³/mol. The van der Waals surface area contributed by atoms with E-state index in [4.69, 9.17) is 5.73 Å². The lowest BCUT2D eigenvalue weighted by atomic mass is 10.1. The minimum Gasteiger partial charge on any atom is -0.330 e. The number of carbonyl (C=O) groups is 2. The number of benzene rings is 2. The van der Waals surface area contributed by atoms with Crippen LogP contribution in [0, 0.1) is 6.92 Å². The second-order valence-electron chi connectivity index (χ2n) is 6.30. The Kier molecular flexibility index (Phi) is 8.29. The van der Waals surface area contributed by atoms with E-state index < -0.39 is 12.1 Å². The van der Waals surface area contributed by atoms with Gasteiger partial charge in [-0.05, 0) is 63.1 Å². The van der Waals surface area contributed by atoms with E-state index in [0.717, 1.165) is 22.9 Å². The number of nitrogens with one attached hydrogen (secondary N) is 3. The van der Waals surface area contributed by atoms with Crippen LogP contribution in [0.25, 0.3) is 0 Å². The lowest BCUT2D eigenvalue weighted by Crippen LogP contribution is -2.45. The number of urea groups is 1. The van der Waals surface area contributed by atoms with E-state index in [2.05, 4.69) is 31.9 Å². The zero-order valence-corrected chi connectivity index (χ0v) is 16.9.